The van der Waals surface area contributed by atoms with Crippen LogP contribution in [-0.2, 0) is 5.41 Å². The van der Waals surface area contributed by atoms with Crippen molar-refractivity contribution in [1.29, 1.82) is 0 Å². The smallest absolute Gasteiger partial charge is 0.0713 e. The van der Waals surface area contributed by atoms with E-state index in [-0.39, 0.29) is 0 Å². The molecular weight excluding hydrogens is 651 g/mol. The van der Waals surface area contributed by atoms with Crippen LogP contribution >= 0.6 is 0 Å². The van der Waals surface area contributed by atoms with E-state index in [1.54, 1.807) is 0 Å². The van der Waals surface area contributed by atoms with Gasteiger partial charge in [-0.1, -0.05) is 182 Å². The molecule has 0 fully saturated rings. The Bertz CT molecular complexity index is 2700. The highest BCUT2D eigenvalue weighted by molar-refractivity contribution is 5.99. The SMILES string of the molecule is c1ccc(-c2ccc(N(c3ccc4cc5c(cc4c3)C(c3ccccc3)(c3ccccc3)c3ccccc3-5)c3ccccc3-c3ccccc3)cc2)cc1. The Balaban J connectivity index is 1.20. The molecule has 1 nitrogen and oxygen atoms in total. The van der Waals surface area contributed by atoms with E-state index >= 15 is 0 Å². The molecule has 254 valence electrons. The molecule has 0 atom stereocenters. The molecule has 0 spiro atoms. The first-order valence-electron chi connectivity index (χ1n) is 18.7. The van der Waals surface area contributed by atoms with Gasteiger partial charge in [0.1, 0.15) is 0 Å². The Morgan fingerprint density at radius 1 is 0.296 bits per heavy atom. The van der Waals surface area contributed by atoms with Gasteiger partial charge in [-0.25, -0.2) is 0 Å². The Morgan fingerprint density at radius 3 is 1.48 bits per heavy atom. The second-order valence-electron chi connectivity index (χ2n) is 14.1. The lowest BCUT2D eigenvalue weighted by Crippen LogP contribution is -2.28. The van der Waals surface area contributed by atoms with E-state index in [1.165, 1.54) is 66.4 Å². The molecule has 54 heavy (non-hydrogen) atoms. The molecular formula is C53H37N. The quantitative estimate of drug-likeness (QED) is 0.161. The fourth-order valence-corrected chi connectivity index (χ4v) is 8.70. The summed E-state index contributed by atoms with van der Waals surface area (Å²) in [5, 5.41) is 2.43. The lowest BCUT2D eigenvalue weighted by atomic mass is 9.67. The van der Waals surface area contributed by atoms with Crippen molar-refractivity contribution in [2.75, 3.05) is 4.90 Å². The molecule has 0 N–H and O–H groups in total. The number of anilines is 3. The van der Waals surface area contributed by atoms with Crippen molar-refractivity contribution in [1.82, 2.24) is 0 Å². The number of nitrogens with zero attached hydrogens (tertiary/aromatic N) is 1. The Labute approximate surface area is 317 Å². The number of hydrogen-bond acceptors (Lipinski definition) is 1. The largest absolute Gasteiger partial charge is 0.310 e. The standard InChI is InChI=1S/C53H37N/c1-5-17-38(18-6-1)39-29-32-45(33-30-39)54(52-28-16-14-25-47(52)40-19-7-2-8-20-40)46-34-31-41-36-49-48-26-13-15-27-50(48)53(43-21-9-3-10-22-43,44-23-11-4-12-24-44)51(49)37-42(41)35-46/h1-37H. The molecule has 0 saturated carbocycles. The minimum atomic E-state index is -0.453. The third-order valence-corrected chi connectivity index (χ3v) is 11.1. The molecule has 0 saturated heterocycles. The van der Waals surface area contributed by atoms with Crippen LogP contribution in [0.15, 0.2) is 224 Å². The van der Waals surface area contributed by atoms with Crippen LogP contribution in [0.4, 0.5) is 17.1 Å². The van der Waals surface area contributed by atoms with Crippen LogP contribution in [0.25, 0.3) is 44.2 Å². The molecule has 1 aliphatic rings. The summed E-state index contributed by atoms with van der Waals surface area (Å²) in [5.41, 5.74) is 15.4. The molecule has 10 rings (SSSR count). The molecule has 0 amide bonds. The number of fused-ring (bicyclic) bond motifs is 4. The van der Waals surface area contributed by atoms with E-state index < -0.39 is 5.41 Å². The predicted octanol–water partition coefficient (Wildman–Crippen LogP) is 14.0. The van der Waals surface area contributed by atoms with Gasteiger partial charge in [-0.15, -0.1) is 0 Å². The molecule has 0 radical (unpaired) electrons. The summed E-state index contributed by atoms with van der Waals surface area (Å²) in [6.07, 6.45) is 0. The highest BCUT2D eigenvalue weighted by Gasteiger charge is 2.46. The first-order chi connectivity index (χ1) is 26.8. The Kier molecular flexibility index (Phi) is 7.78. The van der Waals surface area contributed by atoms with Crippen LogP contribution in [0.1, 0.15) is 22.3 Å². The zero-order chi connectivity index (χ0) is 35.9. The van der Waals surface area contributed by atoms with Gasteiger partial charge in [0, 0.05) is 16.9 Å². The fourth-order valence-electron chi connectivity index (χ4n) is 8.70. The van der Waals surface area contributed by atoms with Crippen molar-refractivity contribution < 1.29 is 0 Å². The summed E-state index contributed by atoms with van der Waals surface area (Å²) in [5.74, 6) is 0. The first-order valence-corrected chi connectivity index (χ1v) is 18.7. The topological polar surface area (TPSA) is 3.24 Å². The van der Waals surface area contributed by atoms with Gasteiger partial charge in [0.15, 0.2) is 0 Å². The van der Waals surface area contributed by atoms with Gasteiger partial charge in [-0.3, -0.25) is 0 Å². The summed E-state index contributed by atoms with van der Waals surface area (Å²) in [6.45, 7) is 0. The van der Waals surface area contributed by atoms with Gasteiger partial charge in [0.2, 0.25) is 0 Å². The average molecular weight is 688 g/mol. The van der Waals surface area contributed by atoms with Crippen molar-refractivity contribution in [3.8, 4) is 33.4 Å². The minimum Gasteiger partial charge on any atom is -0.310 e. The van der Waals surface area contributed by atoms with E-state index in [4.69, 9.17) is 0 Å². The van der Waals surface area contributed by atoms with Crippen LogP contribution in [-0.4, -0.2) is 0 Å². The predicted molar refractivity (Wildman–Crippen MR) is 227 cm³/mol. The van der Waals surface area contributed by atoms with Crippen molar-refractivity contribution in [2.45, 2.75) is 5.41 Å². The Morgan fingerprint density at radius 2 is 0.815 bits per heavy atom. The third kappa shape index (κ3) is 5.17. The molecule has 1 aliphatic carbocycles. The number of hydrogen-bond donors (Lipinski definition) is 0. The maximum atomic E-state index is 2.47. The molecule has 0 unspecified atom stereocenters. The summed E-state index contributed by atoms with van der Waals surface area (Å²) < 4.78 is 0. The summed E-state index contributed by atoms with van der Waals surface area (Å²) >= 11 is 0. The summed E-state index contributed by atoms with van der Waals surface area (Å²) in [6, 6.07) is 82.0. The fraction of sp³-hybridized carbons (Fsp3) is 0.0189. The maximum Gasteiger partial charge on any atom is 0.0713 e. The zero-order valence-electron chi connectivity index (χ0n) is 29.8. The molecule has 0 aliphatic heterocycles. The molecule has 0 bridgehead atoms. The highest BCUT2D eigenvalue weighted by Crippen LogP contribution is 2.57. The number of rotatable bonds is 7. The lowest BCUT2D eigenvalue weighted by Gasteiger charge is -2.34. The average Bonchev–Trinajstić information content (AvgIpc) is 3.54. The monoisotopic (exact) mass is 687 g/mol. The zero-order valence-corrected chi connectivity index (χ0v) is 29.8. The third-order valence-electron chi connectivity index (χ3n) is 11.1. The van der Waals surface area contributed by atoms with Crippen LogP contribution in [0.5, 0.6) is 0 Å². The van der Waals surface area contributed by atoms with Crippen molar-refractivity contribution in [3.63, 3.8) is 0 Å². The molecule has 0 heterocycles. The van der Waals surface area contributed by atoms with E-state index in [9.17, 15) is 0 Å². The van der Waals surface area contributed by atoms with Gasteiger partial charge in [-0.05, 0) is 103 Å². The normalized spacial score (nSPS) is 12.6. The van der Waals surface area contributed by atoms with Gasteiger partial charge in [0.25, 0.3) is 0 Å². The van der Waals surface area contributed by atoms with Crippen LogP contribution in [0, 0.1) is 0 Å². The number of benzene rings is 9. The summed E-state index contributed by atoms with van der Waals surface area (Å²) in [4.78, 5) is 2.42. The van der Waals surface area contributed by atoms with Gasteiger partial charge < -0.3 is 4.90 Å². The minimum absolute atomic E-state index is 0.453. The summed E-state index contributed by atoms with van der Waals surface area (Å²) in [7, 11) is 0. The van der Waals surface area contributed by atoms with Crippen LogP contribution < -0.4 is 4.90 Å². The van der Waals surface area contributed by atoms with Crippen LogP contribution in [0.3, 0.4) is 0 Å². The van der Waals surface area contributed by atoms with Crippen molar-refractivity contribution in [2.24, 2.45) is 0 Å². The van der Waals surface area contributed by atoms with Gasteiger partial charge in [0.05, 0.1) is 11.1 Å². The molecule has 9 aromatic carbocycles. The van der Waals surface area contributed by atoms with Gasteiger partial charge >= 0.3 is 0 Å². The van der Waals surface area contributed by atoms with E-state index in [2.05, 4.69) is 229 Å². The first kappa shape index (κ1) is 31.7. The van der Waals surface area contributed by atoms with Crippen molar-refractivity contribution in [3.05, 3.63) is 247 Å². The lowest BCUT2D eigenvalue weighted by molar-refractivity contribution is 0.769. The maximum absolute atomic E-state index is 2.47. The second-order valence-corrected chi connectivity index (χ2v) is 14.1. The highest BCUT2D eigenvalue weighted by atomic mass is 15.1. The van der Waals surface area contributed by atoms with Gasteiger partial charge in [-0.2, -0.15) is 0 Å². The molecule has 1 heteroatoms. The van der Waals surface area contributed by atoms with E-state index in [0.717, 1.165) is 17.1 Å². The second kappa shape index (κ2) is 13.2. The molecule has 0 aromatic heterocycles. The van der Waals surface area contributed by atoms with Crippen LogP contribution in [0.2, 0.25) is 0 Å². The Hall–Kier alpha value is -6.96. The van der Waals surface area contributed by atoms with E-state index in [0.29, 0.717) is 0 Å². The van der Waals surface area contributed by atoms with E-state index in [1.807, 2.05) is 0 Å². The van der Waals surface area contributed by atoms with Crippen molar-refractivity contribution >= 4 is 27.8 Å². The molecule has 9 aromatic rings. The number of para-hydroxylation sites is 1.